The van der Waals surface area contributed by atoms with Crippen LogP contribution in [0.5, 0.6) is 0 Å². The number of rotatable bonds is 3. The number of halogens is 2. The Morgan fingerprint density at radius 2 is 2.05 bits per heavy atom. The van der Waals surface area contributed by atoms with Crippen LogP contribution in [0.4, 0.5) is 15.8 Å². The standard InChI is InChI=1S/C14H13ClFN3O/c1-19(2)12-10(15)6-3-7-11(12)18-14(20)9-5-4-8-17-13(9)16/h3-8H,1-2H3,(H,18,20). The molecule has 1 aromatic carbocycles. The predicted molar refractivity (Wildman–Crippen MR) is 77.9 cm³/mol. The lowest BCUT2D eigenvalue weighted by Gasteiger charge is -2.19. The van der Waals surface area contributed by atoms with Crippen molar-refractivity contribution in [3.8, 4) is 0 Å². The van der Waals surface area contributed by atoms with E-state index in [0.717, 1.165) is 0 Å². The number of benzene rings is 1. The van der Waals surface area contributed by atoms with Gasteiger partial charge in [0, 0.05) is 20.3 Å². The Hall–Kier alpha value is -2.14. The number of nitrogens with one attached hydrogen (secondary N) is 1. The Kier molecular flexibility index (Phi) is 4.20. The lowest BCUT2D eigenvalue weighted by molar-refractivity contribution is 0.102. The molecule has 0 unspecified atom stereocenters. The maximum atomic E-state index is 13.5. The largest absolute Gasteiger partial charge is 0.375 e. The van der Waals surface area contributed by atoms with Gasteiger partial charge in [-0.3, -0.25) is 4.79 Å². The highest BCUT2D eigenvalue weighted by Crippen LogP contribution is 2.32. The molecule has 0 saturated carbocycles. The number of nitrogens with zero attached hydrogens (tertiary/aromatic N) is 2. The third kappa shape index (κ3) is 2.88. The molecule has 0 aliphatic heterocycles. The summed E-state index contributed by atoms with van der Waals surface area (Å²) in [5.41, 5.74) is 1.06. The van der Waals surface area contributed by atoms with E-state index >= 15 is 0 Å². The molecule has 0 radical (unpaired) electrons. The van der Waals surface area contributed by atoms with Gasteiger partial charge < -0.3 is 10.2 Å². The van der Waals surface area contributed by atoms with Crippen molar-refractivity contribution in [2.24, 2.45) is 0 Å². The first-order valence-corrected chi connectivity index (χ1v) is 6.26. The summed E-state index contributed by atoms with van der Waals surface area (Å²) in [6.45, 7) is 0. The highest BCUT2D eigenvalue weighted by Gasteiger charge is 2.16. The minimum absolute atomic E-state index is 0.114. The molecule has 1 heterocycles. The molecule has 1 amide bonds. The summed E-state index contributed by atoms with van der Waals surface area (Å²) in [4.78, 5) is 17.3. The minimum atomic E-state index is -0.807. The number of hydrogen-bond acceptors (Lipinski definition) is 3. The molecule has 2 aromatic rings. The van der Waals surface area contributed by atoms with Crippen LogP contribution in [0.2, 0.25) is 5.02 Å². The van der Waals surface area contributed by atoms with Gasteiger partial charge in [-0.25, -0.2) is 4.98 Å². The average molecular weight is 294 g/mol. The second-order valence-electron chi connectivity index (χ2n) is 4.33. The summed E-state index contributed by atoms with van der Waals surface area (Å²) in [5, 5.41) is 3.14. The number of aromatic nitrogens is 1. The molecule has 0 fully saturated rings. The van der Waals surface area contributed by atoms with Crippen LogP contribution in [-0.2, 0) is 0 Å². The zero-order valence-electron chi connectivity index (χ0n) is 11.0. The minimum Gasteiger partial charge on any atom is -0.375 e. The van der Waals surface area contributed by atoms with Crippen molar-refractivity contribution in [2.45, 2.75) is 0 Å². The Morgan fingerprint density at radius 3 is 2.70 bits per heavy atom. The number of pyridine rings is 1. The number of para-hydroxylation sites is 1. The van der Waals surface area contributed by atoms with Crippen LogP contribution in [0.3, 0.4) is 0 Å². The molecule has 1 aromatic heterocycles. The van der Waals surface area contributed by atoms with Gasteiger partial charge in [-0.2, -0.15) is 4.39 Å². The van der Waals surface area contributed by atoms with Gasteiger partial charge in [0.1, 0.15) is 0 Å². The number of anilines is 2. The molecule has 2 rings (SSSR count). The van der Waals surface area contributed by atoms with Crippen molar-refractivity contribution in [3.05, 3.63) is 53.1 Å². The molecule has 0 bridgehead atoms. The molecule has 0 spiro atoms. The van der Waals surface area contributed by atoms with E-state index in [1.807, 2.05) is 14.1 Å². The molecule has 4 nitrogen and oxygen atoms in total. The summed E-state index contributed by atoms with van der Waals surface area (Å²) < 4.78 is 13.5. The first-order valence-electron chi connectivity index (χ1n) is 5.88. The average Bonchev–Trinajstić information content (AvgIpc) is 2.38. The maximum Gasteiger partial charge on any atom is 0.260 e. The second kappa shape index (κ2) is 5.88. The van der Waals surface area contributed by atoms with Gasteiger partial charge in [0.25, 0.3) is 5.91 Å². The van der Waals surface area contributed by atoms with Crippen LogP contribution >= 0.6 is 11.6 Å². The number of hydrogen-bond donors (Lipinski definition) is 1. The van der Waals surface area contributed by atoms with Crippen LogP contribution in [0.1, 0.15) is 10.4 Å². The van der Waals surface area contributed by atoms with E-state index in [4.69, 9.17) is 11.6 Å². The van der Waals surface area contributed by atoms with E-state index in [2.05, 4.69) is 10.3 Å². The topological polar surface area (TPSA) is 45.2 Å². The summed E-state index contributed by atoms with van der Waals surface area (Å²) in [6.07, 6.45) is 1.29. The van der Waals surface area contributed by atoms with Crippen LogP contribution < -0.4 is 10.2 Å². The highest BCUT2D eigenvalue weighted by atomic mass is 35.5. The van der Waals surface area contributed by atoms with Crippen LogP contribution in [0.15, 0.2) is 36.5 Å². The molecule has 6 heteroatoms. The zero-order chi connectivity index (χ0) is 14.7. The molecule has 20 heavy (non-hydrogen) atoms. The summed E-state index contributed by atoms with van der Waals surface area (Å²) >= 11 is 6.11. The fourth-order valence-corrected chi connectivity index (χ4v) is 2.16. The molecular formula is C14H13ClFN3O. The molecule has 104 valence electrons. The molecule has 0 saturated heterocycles. The normalized spacial score (nSPS) is 10.2. The van der Waals surface area contributed by atoms with Crippen molar-refractivity contribution in [1.82, 2.24) is 4.98 Å². The molecule has 0 aliphatic carbocycles. The fraction of sp³-hybridized carbons (Fsp3) is 0.143. The Bertz CT molecular complexity index is 646. The van der Waals surface area contributed by atoms with E-state index in [0.29, 0.717) is 16.4 Å². The van der Waals surface area contributed by atoms with Crippen molar-refractivity contribution in [2.75, 3.05) is 24.3 Å². The fourth-order valence-electron chi connectivity index (χ4n) is 1.82. The highest BCUT2D eigenvalue weighted by molar-refractivity contribution is 6.34. The summed E-state index contributed by atoms with van der Waals surface area (Å²) in [7, 11) is 3.61. The monoisotopic (exact) mass is 293 g/mol. The van der Waals surface area contributed by atoms with Crippen LogP contribution in [0, 0.1) is 5.95 Å². The van der Waals surface area contributed by atoms with Gasteiger partial charge in [-0.15, -0.1) is 0 Å². The lowest BCUT2D eigenvalue weighted by atomic mass is 10.2. The second-order valence-corrected chi connectivity index (χ2v) is 4.73. The molecule has 0 atom stereocenters. The number of carbonyl (C=O) groups excluding carboxylic acids is 1. The third-order valence-electron chi connectivity index (χ3n) is 2.69. The summed E-state index contributed by atoms with van der Waals surface area (Å²) in [6, 6.07) is 8.01. The predicted octanol–water partition coefficient (Wildman–Crippen LogP) is 3.19. The van der Waals surface area contributed by atoms with Gasteiger partial charge in [0.2, 0.25) is 5.95 Å². The smallest absolute Gasteiger partial charge is 0.260 e. The third-order valence-corrected chi connectivity index (χ3v) is 2.99. The lowest BCUT2D eigenvalue weighted by Crippen LogP contribution is -2.18. The van der Waals surface area contributed by atoms with Crippen LogP contribution in [0.25, 0.3) is 0 Å². The first kappa shape index (κ1) is 14.3. The zero-order valence-corrected chi connectivity index (χ0v) is 11.8. The van der Waals surface area contributed by atoms with Gasteiger partial charge in [-0.1, -0.05) is 17.7 Å². The van der Waals surface area contributed by atoms with E-state index < -0.39 is 11.9 Å². The van der Waals surface area contributed by atoms with Crippen molar-refractivity contribution in [1.29, 1.82) is 0 Å². The SMILES string of the molecule is CN(C)c1c(Cl)cccc1NC(=O)c1cccnc1F. The quantitative estimate of drug-likeness (QED) is 0.884. The van der Waals surface area contributed by atoms with Gasteiger partial charge in [0.05, 0.1) is 22.0 Å². The van der Waals surface area contributed by atoms with Gasteiger partial charge >= 0.3 is 0 Å². The first-order chi connectivity index (χ1) is 9.50. The molecule has 0 aliphatic rings. The maximum absolute atomic E-state index is 13.5. The van der Waals surface area contributed by atoms with E-state index in [1.54, 1.807) is 23.1 Å². The Morgan fingerprint density at radius 1 is 1.30 bits per heavy atom. The number of carbonyl (C=O) groups is 1. The number of amides is 1. The Labute approximate surface area is 121 Å². The summed E-state index contributed by atoms with van der Waals surface area (Å²) in [5.74, 6) is -1.38. The van der Waals surface area contributed by atoms with Crippen molar-refractivity contribution >= 4 is 28.9 Å². The van der Waals surface area contributed by atoms with Crippen molar-refractivity contribution < 1.29 is 9.18 Å². The van der Waals surface area contributed by atoms with Crippen LogP contribution in [-0.4, -0.2) is 25.0 Å². The van der Waals surface area contributed by atoms with Gasteiger partial charge in [-0.05, 0) is 24.3 Å². The molecular weight excluding hydrogens is 281 g/mol. The van der Waals surface area contributed by atoms with Crippen molar-refractivity contribution in [3.63, 3.8) is 0 Å². The van der Waals surface area contributed by atoms with E-state index in [-0.39, 0.29) is 5.56 Å². The Balaban J connectivity index is 2.34. The van der Waals surface area contributed by atoms with E-state index in [1.165, 1.54) is 18.3 Å². The van der Waals surface area contributed by atoms with Gasteiger partial charge in [0.15, 0.2) is 0 Å². The van der Waals surface area contributed by atoms with E-state index in [9.17, 15) is 9.18 Å². The molecule has 1 N–H and O–H groups in total.